The van der Waals surface area contributed by atoms with Crippen molar-refractivity contribution in [1.29, 1.82) is 0 Å². The zero-order valence-electron chi connectivity index (χ0n) is 9.12. The van der Waals surface area contributed by atoms with E-state index in [1.165, 1.54) is 6.42 Å². The van der Waals surface area contributed by atoms with Gasteiger partial charge in [-0.15, -0.1) is 0 Å². The van der Waals surface area contributed by atoms with Crippen LogP contribution in [0.25, 0.3) is 0 Å². The van der Waals surface area contributed by atoms with Gasteiger partial charge in [-0.1, -0.05) is 38.0 Å². The topological polar surface area (TPSA) is 41.1 Å². The van der Waals surface area contributed by atoms with Crippen LogP contribution in [0.1, 0.15) is 26.2 Å². The fraction of sp³-hybridized carbons (Fsp3) is 0.417. The number of para-hydroxylation sites is 1. The molecule has 3 nitrogen and oxygen atoms in total. The Kier molecular flexibility index (Phi) is 5.30. The molecular weight excluding hydrogens is 188 g/mol. The van der Waals surface area contributed by atoms with Gasteiger partial charge in [0.05, 0.1) is 0 Å². The van der Waals surface area contributed by atoms with E-state index in [1.807, 2.05) is 30.3 Å². The molecule has 0 aliphatic heterocycles. The Bertz CT molecular complexity index is 285. The average molecular weight is 206 g/mol. The molecule has 0 aliphatic carbocycles. The van der Waals surface area contributed by atoms with Gasteiger partial charge in [0.15, 0.2) is 0 Å². The fourth-order valence-electron chi connectivity index (χ4n) is 1.27. The van der Waals surface area contributed by atoms with Gasteiger partial charge in [0, 0.05) is 12.2 Å². The van der Waals surface area contributed by atoms with Crippen LogP contribution in [0, 0.1) is 0 Å². The van der Waals surface area contributed by atoms with Crippen LogP contribution in [-0.4, -0.2) is 12.6 Å². The van der Waals surface area contributed by atoms with Crippen LogP contribution in [0.3, 0.4) is 0 Å². The summed E-state index contributed by atoms with van der Waals surface area (Å²) in [5, 5.41) is 5.58. The molecule has 1 rings (SSSR count). The molecule has 0 radical (unpaired) electrons. The third kappa shape index (κ3) is 5.05. The van der Waals surface area contributed by atoms with Crippen LogP contribution < -0.4 is 10.6 Å². The predicted molar refractivity (Wildman–Crippen MR) is 63.0 cm³/mol. The summed E-state index contributed by atoms with van der Waals surface area (Å²) in [6.07, 6.45) is 3.37. The highest BCUT2D eigenvalue weighted by Gasteiger charge is 1.98. The molecule has 0 atom stereocenters. The first-order chi connectivity index (χ1) is 7.33. The molecule has 0 saturated heterocycles. The Morgan fingerprint density at radius 1 is 1.20 bits per heavy atom. The first kappa shape index (κ1) is 11.6. The van der Waals surface area contributed by atoms with Crippen molar-refractivity contribution in [2.24, 2.45) is 0 Å². The number of amides is 2. The summed E-state index contributed by atoms with van der Waals surface area (Å²) in [4.78, 5) is 11.4. The number of benzene rings is 1. The number of urea groups is 1. The normalized spacial score (nSPS) is 9.67. The molecule has 1 aromatic carbocycles. The van der Waals surface area contributed by atoms with Crippen molar-refractivity contribution in [3.8, 4) is 0 Å². The molecule has 3 heteroatoms. The number of anilines is 1. The smallest absolute Gasteiger partial charge is 0.319 e. The van der Waals surface area contributed by atoms with E-state index in [1.54, 1.807) is 0 Å². The highest BCUT2D eigenvalue weighted by molar-refractivity contribution is 5.89. The van der Waals surface area contributed by atoms with E-state index in [-0.39, 0.29) is 6.03 Å². The molecule has 0 bridgehead atoms. The van der Waals surface area contributed by atoms with Crippen LogP contribution in [0.15, 0.2) is 30.3 Å². The molecular formula is C12H18N2O. The van der Waals surface area contributed by atoms with E-state index in [9.17, 15) is 4.79 Å². The van der Waals surface area contributed by atoms with Crippen LogP contribution in [0.5, 0.6) is 0 Å². The standard InChI is InChI=1S/C12H18N2O/c1-2-3-7-10-13-12(15)14-11-8-5-4-6-9-11/h4-6,8-9H,2-3,7,10H2,1H3,(H2,13,14,15). The first-order valence-corrected chi connectivity index (χ1v) is 5.43. The Hall–Kier alpha value is -1.51. The van der Waals surface area contributed by atoms with E-state index in [0.29, 0.717) is 0 Å². The van der Waals surface area contributed by atoms with Gasteiger partial charge in [0.25, 0.3) is 0 Å². The maximum absolute atomic E-state index is 11.4. The summed E-state index contributed by atoms with van der Waals surface area (Å²) in [5.74, 6) is 0. The van der Waals surface area contributed by atoms with Gasteiger partial charge in [0.1, 0.15) is 0 Å². The van der Waals surface area contributed by atoms with E-state index >= 15 is 0 Å². The summed E-state index contributed by atoms with van der Waals surface area (Å²) in [5.41, 5.74) is 0.825. The van der Waals surface area contributed by atoms with Gasteiger partial charge in [-0.2, -0.15) is 0 Å². The largest absolute Gasteiger partial charge is 0.338 e. The number of hydrogen-bond donors (Lipinski definition) is 2. The second-order valence-corrected chi connectivity index (χ2v) is 3.45. The van der Waals surface area contributed by atoms with E-state index in [2.05, 4.69) is 17.6 Å². The summed E-state index contributed by atoms with van der Waals surface area (Å²) in [6, 6.07) is 9.32. The number of carbonyl (C=O) groups excluding carboxylic acids is 1. The number of rotatable bonds is 5. The van der Waals surface area contributed by atoms with E-state index < -0.39 is 0 Å². The first-order valence-electron chi connectivity index (χ1n) is 5.43. The summed E-state index contributed by atoms with van der Waals surface area (Å²) < 4.78 is 0. The van der Waals surface area contributed by atoms with Gasteiger partial charge in [0.2, 0.25) is 0 Å². The number of carbonyl (C=O) groups is 1. The minimum absolute atomic E-state index is 0.127. The molecule has 82 valence electrons. The molecule has 2 amide bonds. The molecule has 1 aromatic rings. The second-order valence-electron chi connectivity index (χ2n) is 3.45. The zero-order chi connectivity index (χ0) is 10.9. The molecule has 2 N–H and O–H groups in total. The van der Waals surface area contributed by atoms with Crippen molar-refractivity contribution in [1.82, 2.24) is 5.32 Å². The van der Waals surface area contributed by atoms with Gasteiger partial charge in [-0.25, -0.2) is 4.79 Å². The zero-order valence-corrected chi connectivity index (χ0v) is 9.12. The number of nitrogens with one attached hydrogen (secondary N) is 2. The van der Waals surface area contributed by atoms with Crippen molar-refractivity contribution >= 4 is 11.7 Å². The number of unbranched alkanes of at least 4 members (excludes halogenated alkanes) is 2. The fourth-order valence-corrected chi connectivity index (χ4v) is 1.27. The van der Waals surface area contributed by atoms with Crippen molar-refractivity contribution in [2.45, 2.75) is 26.2 Å². The van der Waals surface area contributed by atoms with Crippen LogP contribution >= 0.6 is 0 Å². The van der Waals surface area contributed by atoms with E-state index in [4.69, 9.17) is 0 Å². The lowest BCUT2D eigenvalue weighted by molar-refractivity contribution is 0.252. The molecule has 0 aliphatic rings. The maximum Gasteiger partial charge on any atom is 0.319 e. The monoisotopic (exact) mass is 206 g/mol. The minimum Gasteiger partial charge on any atom is -0.338 e. The van der Waals surface area contributed by atoms with Gasteiger partial charge in [-0.3, -0.25) is 0 Å². The van der Waals surface area contributed by atoms with Crippen molar-refractivity contribution in [2.75, 3.05) is 11.9 Å². The van der Waals surface area contributed by atoms with Crippen molar-refractivity contribution < 1.29 is 4.79 Å². The Balaban J connectivity index is 2.19. The molecule has 0 unspecified atom stereocenters. The average Bonchev–Trinajstić information content (AvgIpc) is 2.26. The van der Waals surface area contributed by atoms with Crippen LogP contribution in [0.4, 0.5) is 10.5 Å². The second kappa shape index (κ2) is 6.87. The van der Waals surface area contributed by atoms with Gasteiger partial charge in [-0.05, 0) is 18.6 Å². The molecule has 0 heterocycles. The lowest BCUT2D eigenvalue weighted by Gasteiger charge is -2.06. The molecule has 0 spiro atoms. The molecule has 0 aromatic heterocycles. The molecule has 0 fully saturated rings. The maximum atomic E-state index is 11.4. The SMILES string of the molecule is CCCCCNC(=O)Nc1ccccc1. The van der Waals surface area contributed by atoms with Crippen LogP contribution in [-0.2, 0) is 0 Å². The third-order valence-electron chi connectivity index (χ3n) is 2.10. The van der Waals surface area contributed by atoms with Crippen LogP contribution in [0.2, 0.25) is 0 Å². The molecule has 0 saturated carbocycles. The summed E-state index contributed by atoms with van der Waals surface area (Å²) >= 11 is 0. The predicted octanol–water partition coefficient (Wildman–Crippen LogP) is 3.00. The quantitative estimate of drug-likeness (QED) is 0.714. The van der Waals surface area contributed by atoms with Gasteiger partial charge >= 0.3 is 6.03 Å². The lowest BCUT2D eigenvalue weighted by Crippen LogP contribution is -2.29. The van der Waals surface area contributed by atoms with E-state index in [0.717, 1.165) is 25.1 Å². The highest BCUT2D eigenvalue weighted by atomic mass is 16.2. The molecule has 15 heavy (non-hydrogen) atoms. The third-order valence-corrected chi connectivity index (χ3v) is 2.10. The highest BCUT2D eigenvalue weighted by Crippen LogP contribution is 2.04. The minimum atomic E-state index is -0.127. The number of hydrogen-bond acceptors (Lipinski definition) is 1. The summed E-state index contributed by atoms with van der Waals surface area (Å²) in [7, 11) is 0. The Morgan fingerprint density at radius 3 is 2.60 bits per heavy atom. The Morgan fingerprint density at radius 2 is 1.93 bits per heavy atom. The Labute approximate surface area is 90.9 Å². The van der Waals surface area contributed by atoms with Crippen molar-refractivity contribution in [3.63, 3.8) is 0 Å². The summed E-state index contributed by atoms with van der Waals surface area (Å²) in [6.45, 7) is 2.89. The van der Waals surface area contributed by atoms with Crippen molar-refractivity contribution in [3.05, 3.63) is 30.3 Å². The van der Waals surface area contributed by atoms with Gasteiger partial charge < -0.3 is 10.6 Å². The lowest BCUT2D eigenvalue weighted by atomic mass is 10.2.